The lowest BCUT2D eigenvalue weighted by atomic mass is 9.85. The molecule has 1 saturated carbocycles. The van der Waals surface area contributed by atoms with Crippen LogP contribution < -0.4 is 5.32 Å². The molecule has 1 amide bonds. The molecule has 1 N–H and O–H groups in total. The van der Waals surface area contributed by atoms with Crippen molar-refractivity contribution in [1.82, 2.24) is 10.2 Å². The van der Waals surface area contributed by atoms with Crippen LogP contribution in [0.25, 0.3) is 0 Å². The number of nitrogens with zero attached hydrogens (tertiary/aromatic N) is 2. The maximum atomic E-state index is 13.7. The van der Waals surface area contributed by atoms with Crippen LogP contribution in [0.3, 0.4) is 0 Å². The molecule has 0 atom stereocenters. The third kappa shape index (κ3) is 3.59. The number of aromatic nitrogens is 2. The maximum absolute atomic E-state index is 13.7. The van der Waals surface area contributed by atoms with Crippen LogP contribution in [0.2, 0.25) is 5.02 Å². The highest BCUT2D eigenvalue weighted by molar-refractivity contribution is 8.00. The second-order valence-corrected chi connectivity index (χ2v) is 7.59. The van der Waals surface area contributed by atoms with Crippen LogP contribution in [-0.2, 0) is 10.5 Å². The third-order valence-electron chi connectivity index (χ3n) is 3.51. The van der Waals surface area contributed by atoms with E-state index in [4.69, 9.17) is 11.6 Å². The van der Waals surface area contributed by atoms with E-state index in [1.807, 2.05) is 0 Å². The summed E-state index contributed by atoms with van der Waals surface area (Å²) >= 11 is 8.62. The van der Waals surface area contributed by atoms with E-state index >= 15 is 0 Å². The number of carbonyl (C=O) groups is 1. The monoisotopic (exact) mass is 357 g/mol. The van der Waals surface area contributed by atoms with Gasteiger partial charge in [0.25, 0.3) is 0 Å². The van der Waals surface area contributed by atoms with Crippen molar-refractivity contribution in [2.45, 2.75) is 29.4 Å². The maximum Gasteiger partial charge on any atom is 0.229 e. The van der Waals surface area contributed by atoms with Gasteiger partial charge in [-0.3, -0.25) is 4.79 Å². The Hall–Kier alpha value is -1.18. The summed E-state index contributed by atoms with van der Waals surface area (Å²) in [7, 11) is 0. The first-order valence-corrected chi connectivity index (χ1v) is 9.01. The van der Waals surface area contributed by atoms with Gasteiger partial charge in [0, 0.05) is 22.3 Å². The van der Waals surface area contributed by atoms with Gasteiger partial charge in [0.2, 0.25) is 11.0 Å². The van der Waals surface area contributed by atoms with Crippen molar-refractivity contribution >= 4 is 45.7 Å². The van der Waals surface area contributed by atoms with Crippen LogP contribution in [0.15, 0.2) is 22.5 Å². The molecular weight excluding hydrogens is 345 g/mol. The zero-order valence-corrected chi connectivity index (χ0v) is 13.9. The van der Waals surface area contributed by atoms with Crippen LogP contribution in [0.4, 0.5) is 9.52 Å². The zero-order chi connectivity index (χ0) is 15.5. The Balaban J connectivity index is 1.58. The number of benzene rings is 1. The average molecular weight is 358 g/mol. The van der Waals surface area contributed by atoms with E-state index < -0.39 is 0 Å². The Morgan fingerprint density at radius 1 is 1.45 bits per heavy atom. The van der Waals surface area contributed by atoms with Crippen molar-refractivity contribution in [2.24, 2.45) is 5.92 Å². The van der Waals surface area contributed by atoms with Gasteiger partial charge in [-0.1, -0.05) is 47.2 Å². The summed E-state index contributed by atoms with van der Waals surface area (Å²) in [6, 6.07) is 4.61. The lowest BCUT2D eigenvalue weighted by molar-refractivity contribution is -0.122. The van der Waals surface area contributed by atoms with Crippen LogP contribution >= 0.6 is 34.7 Å². The van der Waals surface area contributed by atoms with Crippen LogP contribution in [0.5, 0.6) is 0 Å². The molecule has 0 spiro atoms. The zero-order valence-electron chi connectivity index (χ0n) is 11.5. The Bertz CT molecular complexity index is 670. The second kappa shape index (κ2) is 6.93. The Labute approximate surface area is 140 Å². The number of carbonyl (C=O) groups excluding carboxylic acids is 1. The number of rotatable bonds is 5. The summed E-state index contributed by atoms with van der Waals surface area (Å²) < 4.78 is 14.3. The molecule has 1 aliphatic rings. The SMILES string of the molecule is O=C(Nc1nnc(SCc2c(F)cccc2Cl)s1)C1CCC1. The van der Waals surface area contributed by atoms with Crippen molar-refractivity contribution in [3.8, 4) is 0 Å². The molecule has 1 aromatic heterocycles. The molecule has 1 heterocycles. The molecule has 2 aromatic rings. The highest BCUT2D eigenvalue weighted by atomic mass is 35.5. The minimum atomic E-state index is -0.331. The molecule has 0 aliphatic heterocycles. The Morgan fingerprint density at radius 2 is 2.27 bits per heavy atom. The van der Waals surface area contributed by atoms with Crippen LogP contribution in [0, 0.1) is 11.7 Å². The number of halogens is 2. The molecule has 22 heavy (non-hydrogen) atoms. The molecule has 1 aliphatic carbocycles. The molecule has 1 fully saturated rings. The summed E-state index contributed by atoms with van der Waals surface area (Å²) in [5, 5.41) is 11.6. The highest BCUT2D eigenvalue weighted by Gasteiger charge is 2.26. The van der Waals surface area contributed by atoms with E-state index in [1.165, 1.54) is 29.2 Å². The summed E-state index contributed by atoms with van der Waals surface area (Å²) in [4.78, 5) is 11.8. The molecular formula is C14H13ClFN3OS2. The fourth-order valence-corrected chi connectivity index (χ4v) is 4.10. The fraction of sp³-hybridized carbons (Fsp3) is 0.357. The largest absolute Gasteiger partial charge is 0.300 e. The van der Waals surface area contributed by atoms with Gasteiger partial charge in [0.1, 0.15) is 5.82 Å². The van der Waals surface area contributed by atoms with Gasteiger partial charge in [0.05, 0.1) is 0 Å². The molecule has 0 unspecified atom stereocenters. The lowest BCUT2D eigenvalue weighted by Crippen LogP contribution is -2.27. The summed E-state index contributed by atoms with van der Waals surface area (Å²) in [6.07, 6.45) is 2.99. The first-order valence-electron chi connectivity index (χ1n) is 6.83. The predicted molar refractivity (Wildman–Crippen MR) is 86.9 cm³/mol. The first kappa shape index (κ1) is 15.7. The highest BCUT2D eigenvalue weighted by Crippen LogP contribution is 2.32. The van der Waals surface area contributed by atoms with E-state index in [0.29, 0.717) is 25.8 Å². The average Bonchev–Trinajstić information content (AvgIpc) is 2.83. The van der Waals surface area contributed by atoms with Gasteiger partial charge in [-0.2, -0.15) is 0 Å². The number of hydrogen-bond donors (Lipinski definition) is 1. The molecule has 0 saturated heterocycles. The summed E-state index contributed by atoms with van der Waals surface area (Å²) in [6.45, 7) is 0. The van der Waals surface area contributed by atoms with Crippen molar-refractivity contribution in [1.29, 1.82) is 0 Å². The fourth-order valence-electron chi connectivity index (χ4n) is 2.00. The van der Waals surface area contributed by atoms with E-state index in [0.717, 1.165) is 19.3 Å². The quantitative estimate of drug-likeness (QED) is 0.638. The van der Waals surface area contributed by atoms with Gasteiger partial charge in [-0.05, 0) is 25.0 Å². The van der Waals surface area contributed by atoms with E-state index in [-0.39, 0.29) is 17.6 Å². The Kier molecular flexibility index (Phi) is 4.95. The number of hydrogen-bond acceptors (Lipinski definition) is 5. The lowest BCUT2D eigenvalue weighted by Gasteiger charge is -2.23. The first-order chi connectivity index (χ1) is 10.6. The van der Waals surface area contributed by atoms with Gasteiger partial charge >= 0.3 is 0 Å². The van der Waals surface area contributed by atoms with Crippen LogP contribution in [-0.4, -0.2) is 16.1 Å². The normalized spacial score (nSPS) is 14.6. The van der Waals surface area contributed by atoms with Gasteiger partial charge < -0.3 is 5.32 Å². The second-order valence-electron chi connectivity index (χ2n) is 4.98. The van der Waals surface area contributed by atoms with Crippen molar-refractivity contribution in [3.63, 3.8) is 0 Å². The number of nitrogens with one attached hydrogen (secondary N) is 1. The van der Waals surface area contributed by atoms with Gasteiger partial charge in [-0.25, -0.2) is 4.39 Å². The summed E-state index contributed by atoms with van der Waals surface area (Å²) in [5.41, 5.74) is 0.449. The van der Waals surface area contributed by atoms with E-state index in [2.05, 4.69) is 15.5 Å². The molecule has 1 aromatic carbocycles. The topological polar surface area (TPSA) is 54.9 Å². The standard InChI is InChI=1S/C14H13ClFN3OS2/c15-10-5-2-6-11(16)9(10)7-21-14-19-18-13(22-14)17-12(20)8-3-1-4-8/h2,5-6,8H,1,3-4,7H2,(H,17,18,20). The van der Waals surface area contributed by atoms with Gasteiger partial charge in [-0.15, -0.1) is 10.2 Å². The van der Waals surface area contributed by atoms with E-state index in [1.54, 1.807) is 12.1 Å². The number of anilines is 1. The van der Waals surface area contributed by atoms with Crippen molar-refractivity contribution < 1.29 is 9.18 Å². The molecule has 4 nitrogen and oxygen atoms in total. The van der Waals surface area contributed by atoms with Gasteiger partial charge in [0.15, 0.2) is 4.34 Å². The van der Waals surface area contributed by atoms with E-state index in [9.17, 15) is 9.18 Å². The number of thioether (sulfide) groups is 1. The minimum Gasteiger partial charge on any atom is -0.300 e. The summed E-state index contributed by atoms with van der Waals surface area (Å²) in [5.74, 6) is 0.160. The minimum absolute atomic E-state index is 0.0103. The Morgan fingerprint density at radius 3 is 2.95 bits per heavy atom. The van der Waals surface area contributed by atoms with Crippen LogP contribution in [0.1, 0.15) is 24.8 Å². The molecule has 3 rings (SSSR count). The third-order valence-corrected chi connectivity index (χ3v) is 5.87. The smallest absolute Gasteiger partial charge is 0.229 e. The molecule has 8 heteroatoms. The van der Waals surface area contributed by atoms with Crippen molar-refractivity contribution in [3.05, 3.63) is 34.6 Å². The predicted octanol–water partition coefficient (Wildman–Crippen LogP) is 4.36. The molecule has 0 radical (unpaired) electrons. The molecule has 116 valence electrons. The number of amides is 1. The molecule has 0 bridgehead atoms. The van der Waals surface area contributed by atoms with Crippen molar-refractivity contribution in [2.75, 3.05) is 5.32 Å².